The number of hydrogen-bond donors (Lipinski definition) is 3. The minimum Gasteiger partial charge on any atom is -0.507 e. The van der Waals surface area contributed by atoms with Crippen molar-refractivity contribution in [1.29, 1.82) is 0 Å². The van der Waals surface area contributed by atoms with Gasteiger partial charge in [-0.3, -0.25) is 4.98 Å². The summed E-state index contributed by atoms with van der Waals surface area (Å²) in [5.41, 5.74) is 9.74. The van der Waals surface area contributed by atoms with Gasteiger partial charge in [0.2, 0.25) is 0 Å². The Morgan fingerprint density at radius 3 is 1.35 bits per heavy atom. The number of phenols is 2. The third kappa shape index (κ3) is 7.88. The van der Waals surface area contributed by atoms with E-state index >= 15 is 0 Å². The predicted molar refractivity (Wildman–Crippen MR) is 197 cm³/mol. The van der Waals surface area contributed by atoms with Gasteiger partial charge in [0.25, 0.3) is 0 Å². The number of anilines is 1. The number of fused-ring (bicyclic) bond motifs is 1. The number of nitrogens with one attached hydrogen (secondary N) is 1. The number of hydrogen-bond acceptors (Lipinski definition) is 4. The van der Waals surface area contributed by atoms with Crippen LogP contribution in [0.2, 0.25) is 0 Å². The average molecular weight is 623 g/mol. The number of aromatic nitrogens is 1. The van der Waals surface area contributed by atoms with E-state index in [9.17, 15) is 10.2 Å². The van der Waals surface area contributed by atoms with Crippen LogP contribution < -0.4 is 5.32 Å². The van der Waals surface area contributed by atoms with Gasteiger partial charge in [0, 0.05) is 22.8 Å². The number of pyridine rings is 1. The summed E-state index contributed by atoms with van der Waals surface area (Å²) >= 11 is 0. The number of aromatic hydroxyl groups is 2. The van der Waals surface area contributed by atoms with Crippen LogP contribution in [0, 0.1) is 13.8 Å². The maximum Gasteiger partial charge on any atom is 0.123 e. The first-order valence-electron chi connectivity index (χ1n) is 16.8. The Kier molecular flexibility index (Phi) is 9.41. The fraction of sp³-hybridized carbons (Fsp3) is 0.500. The summed E-state index contributed by atoms with van der Waals surface area (Å²) in [6.07, 6.45) is 1.53. The topological polar surface area (TPSA) is 65.4 Å². The summed E-state index contributed by atoms with van der Waals surface area (Å²) in [5, 5.41) is 27.9. The molecule has 0 unspecified atom stereocenters. The Morgan fingerprint density at radius 1 is 0.587 bits per heavy atom. The van der Waals surface area contributed by atoms with E-state index in [1.807, 2.05) is 6.92 Å². The molecule has 0 spiro atoms. The van der Waals surface area contributed by atoms with Crippen molar-refractivity contribution in [3.05, 3.63) is 93.2 Å². The lowest BCUT2D eigenvalue weighted by atomic mass is 9.77. The summed E-state index contributed by atoms with van der Waals surface area (Å²) in [7, 11) is 0. The van der Waals surface area contributed by atoms with E-state index in [4.69, 9.17) is 4.98 Å². The molecule has 46 heavy (non-hydrogen) atoms. The molecule has 3 aromatic carbocycles. The number of phenolic OH excluding ortho intramolecular Hbond substituents is 2. The molecule has 0 bridgehead atoms. The van der Waals surface area contributed by atoms with Crippen LogP contribution in [0.3, 0.4) is 0 Å². The Bertz CT molecular complexity index is 1580. The molecule has 0 radical (unpaired) electrons. The Morgan fingerprint density at radius 2 is 0.978 bits per heavy atom. The fourth-order valence-corrected chi connectivity index (χ4v) is 6.55. The number of benzene rings is 3. The third-order valence-corrected chi connectivity index (χ3v) is 9.05. The molecule has 1 heterocycles. The molecule has 0 aliphatic heterocycles. The molecule has 4 aromatic rings. The summed E-state index contributed by atoms with van der Waals surface area (Å²) < 4.78 is 0. The van der Waals surface area contributed by atoms with Gasteiger partial charge in [-0.1, -0.05) is 113 Å². The van der Waals surface area contributed by atoms with Crippen LogP contribution in [0.15, 0.2) is 48.5 Å². The quantitative estimate of drug-likeness (QED) is 0.200. The van der Waals surface area contributed by atoms with Crippen LogP contribution in [-0.4, -0.2) is 21.2 Å². The van der Waals surface area contributed by atoms with E-state index in [1.165, 1.54) is 22.1 Å². The number of rotatable bonds is 6. The van der Waals surface area contributed by atoms with Crippen molar-refractivity contribution in [1.82, 2.24) is 4.98 Å². The number of nitrogens with zero attached hydrogens (tertiary/aromatic N) is 1. The smallest absolute Gasteiger partial charge is 0.123 e. The Labute approximate surface area is 278 Å². The summed E-state index contributed by atoms with van der Waals surface area (Å²) in [6, 6.07) is 17.5. The predicted octanol–water partition coefficient (Wildman–Crippen LogP) is 10.7. The molecule has 0 atom stereocenters. The first kappa shape index (κ1) is 35.3. The van der Waals surface area contributed by atoms with Gasteiger partial charge in [0.1, 0.15) is 11.5 Å². The first-order chi connectivity index (χ1) is 20.9. The van der Waals surface area contributed by atoms with Gasteiger partial charge in [-0.05, 0) is 105 Å². The molecular weight excluding hydrogens is 564 g/mol. The van der Waals surface area contributed by atoms with E-state index in [-0.39, 0.29) is 27.7 Å². The highest BCUT2D eigenvalue weighted by Gasteiger charge is 2.29. The molecule has 3 N–H and O–H groups in total. The maximum atomic E-state index is 11.4. The minimum atomic E-state index is -0.205. The molecule has 0 saturated heterocycles. The highest BCUT2D eigenvalue weighted by molar-refractivity contribution is 5.85. The van der Waals surface area contributed by atoms with E-state index in [1.54, 1.807) is 0 Å². The summed E-state index contributed by atoms with van der Waals surface area (Å²) in [5.74, 6) is 0.811. The Balaban J connectivity index is 1.87. The first-order valence-corrected chi connectivity index (χ1v) is 16.8. The van der Waals surface area contributed by atoms with Gasteiger partial charge in [-0.25, -0.2) is 0 Å². The van der Waals surface area contributed by atoms with Crippen LogP contribution in [0.25, 0.3) is 10.9 Å². The van der Waals surface area contributed by atoms with Crippen LogP contribution in [0.4, 0.5) is 5.69 Å². The van der Waals surface area contributed by atoms with Gasteiger partial charge in [0.05, 0.1) is 5.52 Å². The highest BCUT2D eigenvalue weighted by atomic mass is 16.3. The molecule has 4 heteroatoms. The van der Waals surface area contributed by atoms with Gasteiger partial charge in [-0.2, -0.15) is 0 Å². The SMILES string of the molecule is Cc1cc(C)c2ccc(NC(Cc3cc(C(C)(C)C)c(O)c(C(C)(C)C)c3)Cc3cc(C(C)(C)C)c(O)c(C(C)(C)C)c3)cc2n1. The molecule has 0 amide bonds. The molecule has 0 aliphatic carbocycles. The maximum absolute atomic E-state index is 11.4. The third-order valence-electron chi connectivity index (χ3n) is 9.05. The van der Waals surface area contributed by atoms with Crippen molar-refractivity contribution in [2.24, 2.45) is 0 Å². The van der Waals surface area contributed by atoms with Crippen molar-refractivity contribution < 1.29 is 10.2 Å². The van der Waals surface area contributed by atoms with Crippen LogP contribution in [0.1, 0.15) is 128 Å². The lowest BCUT2D eigenvalue weighted by Crippen LogP contribution is -2.27. The Hall–Kier alpha value is -3.53. The lowest BCUT2D eigenvalue weighted by molar-refractivity contribution is 0.422. The zero-order chi connectivity index (χ0) is 34.6. The second-order valence-corrected chi connectivity index (χ2v) is 17.6. The van der Waals surface area contributed by atoms with Gasteiger partial charge in [0.15, 0.2) is 0 Å². The molecule has 1 aromatic heterocycles. The molecule has 4 nitrogen and oxygen atoms in total. The normalized spacial score (nSPS) is 13.1. The van der Waals surface area contributed by atoms with Crippen molar-refractivity contribution in [2.45, 2.75) is 137 Å². The molecule has 0 saturated carbocycles. The van der Waals surface area contributed by atoms with E-state index in [0.29, 0.717) is 11.5 Å². The van der Waals surface area contributed by atoms with Crippen molar-refractivity contribution in [3.63, 3.8) is 0 Å². The largest absolute Gasteiger partial charge is 0.507 e. The second kappa shape index (κ2) is 12.2. The summed E-state index contributed by atoms with van der Waals surface area (Å²) in [6.45, 7) is 30.2. The monoisotopic (exact) mass is 622 g/mol. The van der Waals surface area contributed by atoms with Gasteiger partial charge in [-0.15, -0.1) is 0 Å². The molecule has 248 valence electrons. The zero-order valence-corrected chi connectivity index (χ0v) is 31.0. The van der Waals surface area contributed by atoms with E-state index in [2.05, 4.69) is 144 Å². The highest BCUT2D eigenvalue weighted by Crippen LogP contribution is 2.42. The van der Waals surface area contributed by atoms with E-state index in [0.717, 1.165) is 52.0 Å². The molecular formula is C42H58N2O2. The minimum absolute atomic E-state index is 0.0405. The lowest BCUT2D eigenvalue weighted by Gasteiger charge is -2.30. The van der Waals surface area contributed by atoms with Crippen molar-refractivity contribution in [3.8, 4) is 11.5 Å². The fourth-order valence-electron chi connectivity index (χ4n) is 6.55. The zero-order valence-electron chi connectivity index (χ0n) is 31.0. The van der Waals surface area contributed by atoms with Crippen LogP contribution >= 0.6 is 0 Å². The molecule has 0 fully saturated rings. The van der Waals surface area contributed by atoms with Crippen LogP contribution in [0.5, 0.6) is 11.5 Å². The van der Waals surface area contributed by atoms with Crippen LogP contribution in [-0.2, 0) is 34.5 Å². The van der Waals surface area contributed by atoms with Gasteiger partial charge < -0.3 is 15.5 Å². The summed E-state index contributed by atoms with van der Waals surface area (Å²) in [4.78, 5) is 4.85. The second-order valence-electron chi connectivity index (χ2n) is 17.6. The van der Waals surface area contributed by atoms with E-state index < -0.39 is 0 Å². The average Bonchev–Trinajstić information content (AvgIpc) is 2.87. The number of aryl methyl sites for hydroxylation is 2. The standard InChI is InChI=1S/C42H58N2O2/c1-25-17-26(2)43-36-24-29(15-16-31(25)36)44-30(18-27-20-32(39(3,4)5)37(45)33(21-27)40(6,7)8)19-28-22-34(41(9,10)11)38(46)35(23-28)42(12,13)14/h15-17,20-24,30,44-46H,18-19H2,1-14H3. The van der Waals surface area contributed by atoms with Gasteiger partial charge >= 0.3 is 0 Å². The van der Waals surface area contributed by atoms with Crippen molar-refractivity contribution in [2.75, 3.05) is 5.32 Å². The molecule has 4 rings (SSSR count). The molecule has 0 aliphatic rings. The van der Waals surface area contributed by atoms with Crippen molar-refractivity contribution >= 4 is 16.6 Å².